The lowest BCUT2D eigenvalue weighted by Gasteiger charge is -2.32. The summed E-state index contributed by atoms with van der Waals surface area (Å²) in [5.41, 5.74) is 2.43. The number of hydrogen-bond donors (Lipinski definition) is 1. The molecule has 11 heteroatoms. The Balaban J connectivity index is 1.27. The summed E-state index contributed by atoms with van der Waals surface area (Å²) in [4.78, 5) is 34.4. The highest BCUT2D eigenvalue weighted by Gasteiger charge is 2.33. The number of carbonyl (C=O) groups excluding carboxylic acids is 1. The number of halogens is 3. The molecule has 1 amide bonds. The SMILES string of the molecule is CC1C=CC(c2cc(C(=O)N3CCC(n4c(=O)[nH]c5ccccc54)CC3)nn2-c2ccc(C(F)(F)F)nc2)=CC1. The third kappa shape index (κ3) is 4.76. The molecular formula is C29H27F3N6O2. The van der Waals surface area contributed by atoms with Gasteiger partial charge in [-0.3, -0.25) is 9.36 Å². The Morgan fingerprint density at radius 1 is 1.10 bits per heavy atom. The number of alkyl halides is 3. The number of aromatic amines is 1. The molecule has 2 aliphatic rings. The molecule has 4 aromatic rings. The first-order valence-corrected chi connectivity index (χ1v) is 13.2. The van der Waals surface area contributed by atoms with Crippen molar-refractivity contribution in [2.75, 3.05) is 13.1 Å². The smallest absolute Gasteiger partial charge is 0.337 e. The number of likely N-dealkylation sites (tertiary alicyclic amines) is 1. The average molecular weight is 549 g/mol. The molecule has 1 aliphatic carbocycles. The van der Waals surface area contributed by atoms with Crippen LogP contribution in [0, 0.1) is 5.92 Å². The van der Waals surface area contributed by atoms with Gasteiger partial charge in [-0.2, -0.15) is 18.3 Å². The normalized spacial score (nSPS) is 18.4. The number of hydrogen-bond acceptors (Lipinski definition) is 4. The number of imidazole rings is 1. The fourth-order valence-corrected chi connectivity index (χ4v) is 5.41. The quantitative estimate of drug-likeness (QED) is 0.371. The van der Waals surface area contributed by atoms with Crippen molar-refractivity contribution in [2.24, 2.45) is 5.92 Å². The number of aromatic nitrogens is 5. The number of nitrogens with zero attached hydrogens (tertiary/aromatic N) is 5. The predicted octanol–water partition coefficient (Wildman–Crippen LogP) is 5.39. The number of para-hydroxylation sites is 2. The second kappa shape index (κ2) is 9.96. The summed E-state index contributed by atoms with van der Waals surface area (Å²) in [5, 5.41) is 4.53. The molecule has 40 heavy (non-hydrogen) atoms. The molecule has 0 spiro atoms. The minimum absolute atomic E-state index is 0.0430. The molecular weight excluding hydrogens is 521 g/mol. The number of piperidine rings is 1. The molecule has 1 aromatic carbocycles. The predicted molar refractivity (Wildman–Crippen MR) is 144 cm³/mol. The number of rotatable bonds is 4. The fraction of sp³-hybridized carbons (Fsp3) is 0.310. The summed E-state index contributed by atoms with van der Waals surface area (Å²) in [7, 11) is 0. The van der Waals surface area contributed by atoms with E-state index in [4.69, 9.17) is 0 Å². The van der Waals surface area contributed by atoms with Gasteiger partial charge in [0.1, 0.15) is 5.69 Å². The molecule has 1 N–H and O–H groups in total. The van der Waals surface area contributed by atoms with Crippen LogP contribution < -0.4 is 5.69 Å². The van der Waals surface area contributed by atoms with Gasteiger partial charge >= 0.3 is 11.9 Å². The number of carbonyl (C=O) groups is 1. The van der Waals surface area contributed by atoms with Gasteiger partial charge in [0.15, 0.2) is 5.69 Å². The van der Waals surface area contributed by atoms with Crippen molar-refractivity contribution in [1.82, 2.24) is 29.2 Å². The first-order chi connectivity index (χ1) is 19.2. The van der Waals surface area contributed by atoms with Crippen LogP contribution in [0.3, 0.4) is 0 Å². The van der Waals surface area contributed by atoms with Crippen LogP contribution in [0.2, 0.25) is 0 Å². The molecule has 1 unspecified atom stereocenters. The highest BCUT2D eigenvalue weighted by atomic mass is 19.4. The first-order valence-electron chi connectivity index (χ1n) is 13.2. The van der Waals surface area contributed by atoms with E-state index in [9.17, 15) is 22.8 Å². The molecule has 3 aromatic heterocycles. The minimum Gasteiger partial charge on any atom is -0.337 e. The van der Waals surface area contributed by atoms with Crippen LogP contribution >= 0.6 is 0 Å². The van der Waals surface area contributed by atoms with Crippen molar-refractivity contribution >= 4 is 22.5 Å². The Morgan fingerprint density at radius 3 is 2.55 bits per heavy atom. The van der Waals surface area contributed by atoms with Crippen LogP contribution in [-0.4, -0.2) is 48.2 Å². The molecule has 1 saturated heterocycles. The fourth-order valence-electron chi connectivity index (χ4n) is 5.41. The van der Waals surface area contributed by atoms with Crippen molar-refractivity contribution in [1.29, 1.82) is 0 Å². The van der Waals surface area contributed by atoms with Crippen LogP contribution in [0.4, 0.5) is 13.2 Å². The zero-order chi connectivity index (χ0) is 28.0. The lowest BCUT2D eigenvalue weighted by atomic mass is 9.96. The minimum atomic E-state index is -4.55. The van der Waals surface area contributed by atoms with Gasteiger partial charge in [-0.25, -0.2) is 14.5 Å². The topological polar surface area (TPSA) is 88.8 Å². The van der Waals surface area contributed by atoms with E-state index in [-0.39, 0.29) is 23.3 Å². The number of nitrogens with one attached hydrogen (secondary N) is 1. The maximum absolute atomic E-state index is 13.6. The standard InChI is InChI=1S/C29H27F3N6O2/c1-18-6-8-19(9-7-18)25-16-23(35-38(25)21-10-11-26(33-17-21)29(30,31)32)27(39)36-14-12-20(13-15-36)37-24-5-3-2-4-22(24)34-28(37)40/h2-6,8-11,16-18,20H,7,12-15H2,1H3,(H,34,40). The van der Waals surface area contributed by atoms with Crippen molar-refractivity contribution in [3.05, 3.63) is 94.5 Å². The number of benzene rings is 1. The Hall–Kier alpha value is -4.41. The third-order valence-corrected chi connectivity index (χ3v) is 7.56. The number of fused-ring (bicyclic) bond motifs is 1. The van der Waals surface area contributed by atoms with E-state index in [2.05, 4.69) is 28.1 Å². The number of pyridine rings is 1. The van der Waals surface area contributed by atoms with E-state index in [1.807, 2.05) is 36.4 Å². The van der Waals surface area contributed by atoms with Gasteiger partial charge in [-0.1, -0.05) is 37.3 Å². The second-order valence-electron chi connectivity index (χ2n) is 10.3. The summed E-state index contributed by atoms with van der Waals surface area (Å²) in [5.74, 6) is 0.0956. The van der Waals surface area contributed by atoms with E-state index in [0.29, 0.717) is 43.2 Å². The van der Waals surface area contributed by atoms with Crippen molar-refractivity contribution in [3.63, 3.8) is 0 Å². The van der Waals surface area contributed by atoms with E-state index in [0.717, 1.165) is 35.3 Å². The summed E-state index contributed by atoms with van der Waals surface area (Å²) < 4.78 is 42.5. The second-order valence-corrected chi connectivity index (χ2v) is 10.3. The lowest BCUT2D eigenvalue weighted by molar-refractivity contribution is -0.141. The van der Waals surface area contributed by atoms with Crippen LogP contribution in [0.1, 0.15) is 54.1 Å². The van der Waals surface area contributed by atoms with Gasteiger partial charge in [0.2, 0.25) is 0 Å². The first kappa shape index (κ1) is 25.8. The Labute approximate surface area is 227 Å². The molecule has 1 aliphatic heterocycles. The van der Waals surface area contributed by atoms with Gasteiger partial charge in [-0.15, -0.1) is 0 Å². The van der Waals surface area contributed by atoms with Gasteiger partial charge < -0.3 is 9.88 Å². The largest absolute Gasteiger partial charge is 0.433 e. The summed E-state index contributed by atoms with van der Waals surface area (Å²) in [6.45, 7) is 2.98. The van der Waals surface area contributed by atoms with Gasteiger partial charge in [0.05, 0.1) is 28.6 Å². The Bertz CT molecular complexity index is 1690. The van der Waals surface area contributed by atoms with Gasteiger partial charge in [-0.05, 0) is 61.1 Å². The highest BCUT2D eigenvalue weighted by molar-refractivity contribution is 5.94. The number of H-pyrrole nitrogens is 1. The lowest BCUT2D eigenvalue weighted by Crippen LogP contribution is -2.40. The van der Waals surface area contributed by atoms with Gasteiger partial charge in [0, 0.05) is 19.1 Å². The molecule has 4 heterocycles. The number of amides is 1. The zero-order valence-electron chi connectivity index (χ0n) is 21.7. The van der Waals surface area contributed by atoms with E-state index < -0.39 is 11.9 Å². The zero-order valence-corrected chi connectivity index (χ0v) is 21.7. The van der Waals surface area contributed by atoms with Crippen molar-refractivity contribution < 1.29 is 18.0 Å². The number of allylic oxidation sites excluding steroid dienone is 4. The van der Waals surface area contributed by atoms with Crippen LogP contribution in [0.5, 0.6) is 0 Å². The van der Waals surface area contributed by atoms with E-state index >= 15 is 0 Å². The van der Waals surface area contributed by atoms with Crippen LogP contribution in [-0.2, 0) is 6.18 Å². The molecule has 0 saturated carbocycles. The molecule has 1 fully saturated rings. The molecule has 0 radical (unpaired) electrons. The van der Waals surface area contributed by atoms with Crippen LogP contribution in [0.25, 0.3) is 22.3 Å². The van der Waals surface area contributed by atoms with Crippen LogP contribution in [0.15, 0.2) is 71.7 Å². The third-order valence-electron chi connectivity index (χ3n) is 7.56. The summed E-state index contributed by atoms with van der Waals surface area (Å²) in [6, 6.07) is 11.4. The van der Waals surface area contributed by atoms with Crippen molar-refractivity contribution in [2.45, 2.75) is 38.4 Å². The molecule has 0 bridgehead atoms. The monoisotopic (exact) mass is 548 g/mol. The summed E-state index contributed by atoms with van der Waals surface area (Å²) >= 11 is 0. The Kier molecular flexibility index (Phi) is 6.44. The maximum atomic E-state index is 13.6. The molecule has 1 atom stereocenters. The molecule has 8 nitrogen and oxygen atoms in total. The molecule has 206 valence electrons. The van der Waals surface area contributed by atoms with E-state index in [1.54, 1.807) is 15.5 Å². The van der Waals surface area contributed by atoms with E-state index in [1.165, 1.54) is 10.7 Å². The van der Waals surface area contributed by atoms with Crippen molar-refractivity contribution in [3.8, 4) is 5.69 Å². The average Bonchev–Trinajstić information content (AvgIpc) is 3.54. The maximum Gasteiger partial charge on any atom is 0.433 e. The van der Waals surface area contributed by atoms with Gasteiger partial charge in [0.25, 0.3) is 5.91 Å². The highest BCUT2D eigenvalue weighted by Crippen LogP contribution is 2.31. The Morgan fingerprint density at radius 2 is 1.88 bits per heavy atom. The molecule has 6 rings (SSSR count). The summed E-state index contributed by atoms with van der Waals surface area (Å²) in [6.07, 6.45) is 4.61.